The number of rotatable bonds is 7. The van der Waals surface area contributed by atoms with Gasteiger partial charge in [0.25, 0.3) is 11.8 Å². The molecule has 1 aliphatic rings. The zero-order valence-corrected chi connectivity index (χ0v) is 15.3. The van der Waals surface area contributed by atoms with E-state index in [0.717, 1.165) is 5.56 Å². The van der Waals surface area contributed by atoms with Gasteiger partial charge in [-0.3, -0.25) is 19.2 Å². The molecule has 0 aliphatic carbocycles. The fraction of sp³-hybridized carbons (Fsp3) is 0.263. The van der Waals surface area contributed by atoms with Crippen molar-refractivity contribution in [3.8, 4) is 0 Å². The molecule has 0 bridgehead atoms. The minimum Gasteiger partial charge on any atom is -0.284 e. The summed E-state index contributed by atoms with van der Waals surface area (Å²) in [5.74, 6) is -0.460. The van der Waals surface area contributed by atoms with Crippen molar-refractivity contribution in [3.05, 3.63) is 65.2 Å². The van der Waals surface area contributed by atoms with Crippen molar-refractivity contribution in [2.24, 2.45) is 0 Å². The molecular weight excluding hydrogens is 352 g/mol. The van der Waals surface area contributed by atoms with Gasteiger partial charge in [-0.05, 0) is 42.7 Å². The van der Waals surface area contributed by atoms with Gasteiger partial charge in [0.15, 0.2) is 0 Å². The molecule has 0 aromatic heterocycles. The zero-order valence-electron chi connectivity index (χ0n) is 14.4. The Bertz CT molecular complexity index is 901. The predicted molar refractivity (Wildman–Crippen MR) is 99.7 cm³/mol. The molecule has 0 spiro atoms. The number of nitrogens with one attached hydrogen (secondary N) is 1. The maximum atomic E-state index is 12.3. The Balaban J connectivity index is 1.63. The Morgan fingerprint density at radius 2 is 1.50 bits per heavy atom. The number of nitrogens with zero attached hydrogens (tertiary/aromatic N) is 1. The first kappa shape index (κ1) is 18.1. The highest BCUT2D eigenvalue weighted by molar-refractivity contribution is 7.92. The first-order valence-electron chi connectivity index (χ1n) is 8.46. The highest BCUT2D eigenvalue weighted by Gasteiger charge is 2.34. The quantitative estimate of drug-likeness (QED) is 0.758. The Kier molecular flexibility index (Phi) is 5.08. The van der Waals surface area contributed by atoms with Crippen molar-refractivity contribution in [1.29, 1.82) is 0 Å². The molecule has 0 radical (unpaired) electrons. The average Bonchev–Trinajstić information content (AvgIpc) is 2.85. The van der Waals surface area contributed by atoms with Gasteiger partial charge in [0.2, 0.25) is 10.0 Å². The van der Waals surface area contributed by atoms with E-state index >= 15 is 0 Å². The Hall–Kier alpha value is -2.67. The van der Waals surface area contributed by atoms with Crippen LogP contribution in [0.15, 0.2) is 48.5 Å². The first-order chi connectivity index (χ1) is 12.4. The molecule has 26 heavy (non-hydrogen) atoms. The lowest BCUT2D eigenvalue weighted by Gasteiger charge is -2.14. The standard InChI is InChI=1S/C19H20N2O4S/c1-2-13-26(24,25)20-15-9-7-14(8-10-15)11-12-21-18(22)16-5-3-4-6-17(16)19(21)23/h3-10,20H,2,11-13H2,1H3. The maximum Gasteiger partial charge on any atom is 0.261 e. The molecule has 2 amide bonds. The van der Waals surface area contributed by atoms with Crippen LogP contribution in [-0.2, 0) is 16.4 Å². The minimum absolute atomic E-state index is 0.0779. The minimum atomic E-state index is -3.32. The van der Waals surface area contributed by atoms with Crippen LogP contribution >= 0.6 is 0 Å². The Morgan fingerprint density at radius 3 is 2.04 bits per heavy atom. The third-order valence-corrected chi connectivity index (χ3v) is 5.69. The lowest BCUT2D eigenvalue weighted by Crippen LogP contribution is -2.31. The summed E-state index contributed by atoms with van der Waals surface area (Å²) in [7, 11) is -3.32. The second kappa shape index (κ2) is 7.29. The lowest BCUT2D eigenvalue weighted by atomic mass is 10.1. The summed E-state index contributed by atoms with van der Waals surface area (Å²) in [5, 5.41) is 0. The van der Waals surface area contributed by atoms with Gasteiger partial charge in [0, 0.05) is 12.2 Å². The van der Waals surface area contributed by atoms with E-state index in [4.69, 9.17) is 0 Å². The summed E-state index contributed by atoms with van der Waals surface area (Å²) in [6.45, 7) is 2.09. The van der Waals surface area contributed by atoms with Crippen molar-refractivity contribution in [2.75, 3.05) is 17.0 Å². The molecule has 0 saturated heterocycles. The summed E-state index contributed by atoms with van der Waals surface area (Å²) in [6, 6.07) is 13.8. The molecule has 2 aromatic carbocycles. The van der Waals surface area contributed by atoms with Gasteiger partial charge in [-0.1, -0.05) is 31.2 Å². The SMILES string of the molecule is CCCS(=O)(=O)Nc1ccc(CCN2C(=O)c3ccccc3C2=O)cc1. The molecule has 0 atom stereocenters. The molecule has 1 heterocycles. The van der Waals surface area contributed by atoms with Crippen molar-refractivity contribution < 1.29 is 18.0 Å². The third kappa shape index (κ3) is 3.77. The number of hydrogen-bond acceptors (Lipinski definition) is 4. The maximum absolute atomic E-state index is 12.3. The molecule has 1 aliphatic heterocycles. The molecule has 1 N–H and O–H groups in total. The fourth-order valence-electron chi connectivity index (χ4n) is 2.92. The van der Waals surface area contributed by atoms with Crippen LogP contribution < -0.4 is 4.72 Å². The lowest BCUT2D eigenvalue weighted by molar-refractivity contribution is 0.0656. The van der Waals surface area contributed by atoms with E-state index in [9.17, 15) is 18.0 Å². The van der Waals surface area contributed by atoms with Gasteiger partial charge in [-0.25, -0.2) is 8.42 Å². The third-order valence-electron chi connectivity index (χ3n) is 4.20. The molecule has 0 fully saturated rings. The number of anilines is 1. The van der Waals surface area contributed by atoms with Crippen molar-refractivity contribution in [1.82, 2.24) is 4.90 Å². The van der Waals surface area contributed by atoms with Crippen LogP contribution in [0.5, 0.6) is 0 Å². The number of amides is 2. The van der Waals surface area contributed by atoms with Gasteiger partial charge >= 0.3 is 0 Å². The molecule has 3 rings (SSSR count). The normalized spacial score (nSPS) is 13.8. The smallest absolute Gasteiger partial charge is 0.261 e. The topological polar surface area (TPSA) is 83.6 Å². The summed E-state index contributed by atoms with van der Waals surface area (Å²) >= 11 is 0. The fourth-order valence-corrected chi connectivity index (χ4v) is 4.06. The zero-order chi connectivity index (χ0) is 18.7. The number of sulfonamides is 1. The summed E-state index contributed by atoms with van der Waals surface area (Å²) in [5.41, 5.74) is 2.30. The highest BCUT2D eigenvalue weighted by atomic mass is 32.2. The molecule has 136 valence electrons. The predicted octanol–water partition coefficient (Wildman–Crippen LogP) is 2.68. The van der Waals surface area contributed by atoms with Crippen LogP contribution in [0, 0.1) is 0 Å². The Labute approximate surface area is 152 Å². The summed E-state index contributed by atoms with van der Waals surface area (Å²) < 4.78 is 26.1. The molecular formula is C19H20N2O4S. The van der Waals surface area contributed by atoms with Crippen LogP contribution in [0.2, 0.25) is 0 Å². The number of imide groups is 1. The summed E-state index contributed by atoms with van der Waals surface area (Å²) in [4.78, 5) is 25.9. The number of carbonyl (C=O) groups is 2. The second-order valence-electron chi connectivity index (χ2n) is 6.18. The van der Waals surface area contributed by atoms with E-state index in [1.165, 1.54) is 4.90 Å². The van der Waals surface area contributed by atoms with Crippen LogP contribution in [0.25, 0.3) is 0 Å². The molecule has 7 heteroatoms. The van der Waals surface area contributed by atoms with Crippen LogP contribution in [0.4, 0.5) is 5.69 Å². The largest absolute Gasteiger partial charge is 0.284 e. The van der Waals surface area contributed by atoms with E-state index in [-0.39, 0.29) is 24.1 Å². The van der Waals surface area contributed by atoms with Gasteiger partial charge in [-0.2, -0.15) is 0 Å². The molecule has 0 saturated carbocycles. The van der Waals surface area contributed by atoms with Crippen molar-refractivity contribution in [2.45, 2.75) is 19.8 Å². The summed E-state index contributed by atoms with van der Waals surface area (Å²) in [6.07, 6.45) is 1.06. The van der Waals surface area contributed by atoms with Crippen molar-refractivity contribution in [3.63, 3.8) is 0 Å². The van der Waals surface area contributed by atoms with E-state index in [1.807, 2.05) is 6.92 Å². The molecule has 2 aromatic rings. The Morgan fingerprint density at radius 1 is 0.923 bits per heavy atom. The number of fused-ring (bicyclic) bond motifs is 1. The number of benzene rings is 2. The van der Waals surface area contributed by atoms with Crippen LogP contribution in [0.1, 0.15) is 39.6 Å². The average molecular weight is 372 g/mol. The van der Waals surface area contributed by atoms with Crippen molar-refractivity contribution >= 4 is 27.5 Å². The van der Waals surface area contributed by atoms with Gasteiger partial charge in [0.1, 0.15) is 0 Å². The van der Waals surface area contributed by atoms with E-state index < -0.39 is 10.0 Å². The van der Waals surface area contributed by atoms with Gasteiger partial charge in [-0.15, -0.1) is 0 Å². The van der Waals surface area contributed by atoms with E-state index in [0.29, 0.717) is 29.7 Å². The monoisotopic (exact) mass is 372 g/mol. The highest BCUT2D eigenvalue weighted by Crippen LogP contribution is 2.22. The van der Waals surface area contributed by atoms with Crippen LogP contribution in [-0.4, -0.2) is 37.4 Å². The molecule has 0 unspecified atom stereocenters. The van der Waals surface area contributed by atoms with Gasteiger partial charge < -0.3 is 0 Å². The van der Waals surface area contributed by atoms with Crippen LogP contribution in [0.3, 0.4) is 0 Å². The first-order valence-corrected chi connectivity index (χ1v) is 10.1. The number of hydrogen-bond donors (Lipinski definition) is 1. The number of carbonyl (C=O) groups excluding carboxylic acids is 2. The van der Waals surface area contributed by atoms with Gasteiger partial charge in [0.05, 0.1) is 16.9 Å². The second-order valence-corrected chi connectivity index (χ2v) is 8.02. The van der Waals surface area contributed by atoms with E-state index in [2.05, 4.69) is 4.72 Å². The molecule has 6 nitrogen and oxygen atoms in total. The van der Waals surface area contributed by atoms with E-state index in [1.54, 1.807) is 48.5 Å².